The van der Waals surface area contributed by atoms with Gasteiger partial charge in [-0.1, -0.05) is 18.3 Å². The summed E-state index contributed by atoms with van der Waals surface area (Å²) in [5.74, 6) is 0. The van der Waals surface area contributed by atoms with Gasteiger partial charge in [0.25, 0.3) is 0 Å². The fraction of sp³-hybridized carbons (Fsp3) is 0.455. The molecule has 0 aromatic carbocycles. The quantitative estimate of drug-likeness (QED) is 0.795. The van der Waals surface area contributed by atoms with E-state index in [2.05, 4.69) is 22.4 Å². The van der Waals surface area contributed by atoms with Crippen LogP contribution >= 0.6 is 11.3 Å². The zero-order chi connectivity index (χ0) is 13.8. The number of aromatic nitrogens is 4. The molecule has 102 valence electrons. The van der Waals surface area contributed by atoms with Crippen molar-refractivity contribution < 1.29 is 0 Å². The van der Waals surface area contributed by atoms with Crippen LogP contribution in [0.2, 0.25) is 0 Å². The summed E-state index contributed by atoms with van der Waals surface area (Å²) in [6.45, 7) is 3.16. The van der Waals surface area contributed by atoms with Crippen LogP contribution < -0.4 is 16.4 Å². The fourth-order valence-electron chi connectivity index (χ4n) is 1.48. The molecule has 7 nitrogen and oxygen atoms in total. The number of hydrogen-bond donors (Lipinski definition) is 1. The SMILES string of the molecule is CCCNc1nnc(Cn2ccn(C)c(=O)c2=O)s1. The Balaban J connectivity index is 2.18. The van der Waals surface area contributed by atoms with Gasteiger partial charge >= 0.3 is 11.1 Å². The summed E-state index contributed by atoms with van der Waals surface area (Å²) in [5, 5.41) is 12.5. The van der Waals surface area contributed by atoms with Gasteiger partial charge < -0.3 is 14.5 Å². The molecule has 0 unspecified atom stereocenters. The van der Waals surface area contributed by atoms with Gasteiger partial charge in [-0.3, -0.25) is 9.59 Å². The van der Waals surface area contributed by atoms with Crippen molar-refractivity contribution in [1.29, 1.82) is 0 Å². The van der Waals surface area contributed by atoms with Crippen LogP contribution in [0.25, 0.3) is 0 Å². The summed E-state index contributed by atoms with van der Waals surface area (Å²) in [4.78, 5) is 23.3. The van der Waals surface area contributed by atoms with Gasteiger partial charge in [0, 0.05) is 26.0 Å². The maximum Gasteiger partial charge on any atom is 0.316 e. The molecule has 0 atom stereocenters. The normalized spacial score (nSPS) is 10.6. The molecule has 0 bridgehead atoms. The Labute approximate surface area is 113 Å². The molecule has 0 saturated heterocycles. The standard InChI is InChI=1S/C11H15N5O2S/c1-3-4-12-11-14-13-8(19-11)7-16-6-5-15(2)9(17)10(16)18/h5-6H,3-4,7H2,1-2H3,(H,12,14). The van der Waals surface area contributed by atoms with E-state index in [0.717, 1.165) is 18.1 Å². The number of aryl methyl sites for hydroxylation is 1. The molecule has 2 aromatic rings. The lowest BCUT2D eigenvalue weighted by Gasteiger charge is -2.02. The Morgan fingerprint density at radius 3 is 2.79 bits per heavy atom. The summed E-state index contributed by atoms with van der Waals surface area (Å²) < 4.78 is 2.60. The minimum absolute atomic E-state index is 0.264. The molecule has 19 heavy (non-hydrogen) atoms. The second kappa shape index (κ2) is 5.79. The van der Waals surface area contributed by atoms with E-state index < -0.39 is 11.1 Å². The molecule has 1 N–H and O–H groups in total. The van der Waals surface area contributed by atoms with E-state index >= 15 is 0 Å². The summed E-state index contributed by atoms with van der Waals surface area (Å²) in [5.41, 5.74) is -1.10. The molecular weight excluding hydrogens is 266 g/mol. The number of nitrogens with zero attached hydrogens (tertiary/aromatic N) is 4. The third-order valence-corrected chi connectivity index (χ3v) is 3.40. The highest BCUT2D eigenvalue weighted by atomic mass is 32.1. The van der Waals surface area contributed by atoms with Crippen molar-refractivity contribution in [2.75, 3.05) is 11.9 Å². The van der Waals surface area contributed by atoms with Crippen LogP contribution in [0.5, 0.6) is 0 Å². The predicted molar refractivity (Wildman–Crippen MR) is 73.7 cm³/mol. The van der Waals surface area contributed by atoms with Crippen LogP contribution in [-0.4, -0.2) is 25.9 Å². The van der Waals surface area contributed by atoms with Crippen molar-refractivity contribution in [2.45, 2.75) is 19.9 Å². The van der Waals surface area contributed by atoms with Gasteiger partial charge in [-0.15, -0.1) is 10.2 Å². The van der Waals surface area contributed by atoms with E-state index in [-0.39, 0.29) is 6.54 Å². The van der Waals surface area contributed by atoms with Crippen molar-refractivity contribution in [1.82, 2.24) is 19.3 Å². The molecule has 2 aromatic heterocycles. The Morgan fingerprint density at radius 2 is 2.05 bits per heavy atom. The summed E-state index contributed by atoms with van der Waals surface area (Å²) in [7, 11) is 1.55. The molecule has 0 spiro atoms. The minimum atomic E-state index is -0.553. The third kappa shape index (κ3) is 3.08. The van der Waals surface area contributed by atoms with Crippen LogP contribution in [0, 0.1) is 0 Å². The highest BCUT2D eigenvalue weighted by molar-refractivity contribution is 7.15. The van der Waals surface area contributed by atoms with Crippen molar-refractivity contribution in [3.8, 4) is 0 Å². The monoisotopic (exact) mass is 281 g/mol. The molecule has 2 heterocycles. The van der Waals surface area contributed by atoms with E-state index in [1.54, 1.807) is 19.4 Å². The molecule has 0 amide bonds. The number of rotatable bonds is 5. The van der Waals surface area contributed by atoms with E-state index in [0.29, 0.717) is 5.01 Å². The fourth-order valence-corrected chi connectivity index (χ4v) is 2.25. The minimum Gasteiger partial charge on any atom is -0.360 e. The average Bonchev–Trinajstić information content (AvgIpc) is 2.85. The van der Waals surface area contributed by atoms with Crippen LogP contribution in [-0.2, 0) is 13.6 Å². The lowest BCUT2D eigenvalue weighted by molar-refractivity contribution is 0.688. The smallest absolute Gasteiger partial charge is 0.316 e. The number of hydrogen-bond acceptors (Lipinski definition) is 6. The van der Waals surface area contributed by atoms with E-state index in [9.17, 15) is 9.59 Å². The zero-order valence-electron chi connectivity index (χ0n) is 10.8. The van der Waals surface area contributed by atoms with Crippen LogP contribution in [0.4, 0.5) is 5.13 Å². The first kappa shape index (κ1) is 13.5. The zero-order valence-corrected chi connectivity index (χ0v) is 11.6. The van der Waals surface area contributed by atoms with Gasteiger partial charge in [-0.2, -0.15) is 0 Å². The highest BCUT2D eigenvalue weighted by Gasteiger charge is 2.07. The Kier molecular flexibility index (Phi) is 4.10. The molecule has 0 aliphatic rings. The second-order valence-electron chi connectivity index (χ2n) is 4.07. The highest BCUT2D eigenvalue weighted by Crippen LogP contribution is 2.15. The van der Waals surface area contributed by atoms with E-state index in [1.165, 1.54) is 20.5 Å². The van der Waals surface area contributed by atoms with Gasteiger partial charge in [-0.05, 0) is 6.42 Å². The topological polar surface area (TPSA) is 81.8 Å². The molecule has 0 aliphatic carbocycles. The van der Waals surface area contributed by atoms with Crippen molar-refractivity contribution in [3.63, 3.8) is 0 Å². The first-order valence-corrected chi connectivity index (χ1v) is 6.75. The first-order chi connectivity index (χ1) is 9.11. The number of nitrogens with one attached hydrogen (secondary N) is 1. The van der Waals surface area contributed by atoms with Gasteiger partial charge in [-0.25, -0.2) is 0 Å². The molecule has 0 aliphatic heterocycles. The third-order valence-electron chi connectivity index (χ3n) is 2.53. The van der Waals surface area contributed by atoms with Crippen LogP contribution in [0.1, 0.15) is 18.4 Å². The van der Waals surface area contributed by atoms with Crippen LogP contribution in [0.15, 0.2) is 22.0 Å². The summed E-state index contributed by atoms with van der Waals surface area (Å²) in [6, 6.07) is 0. The Bertz CT molecular complexity index is 672. The number of anilines is 1. The van der Waals surface area contributed by atoms with Crippen molar-refractivity contribution in [2.24, 2.45) is 7.05 Å². The van der Waals surface area contributed by atoms with Gasteiger partial charge in [0.1, 0.15) is 5.01 Å². The van der Waals surface area contributed by atoms with Gasteiger partial charge in [0.05, 0.1) is 6.54 Å². The average molecular weight is 281 g/mol. The van der Waals surface area contributed by atoms with E-state index in [4.69, 9.17) is 0 Å². The molecule has 2 rings (SSSR count). The van der Waals surface area contributed by atoms with Crippen molar-refractivity contribution in [3.05, 3.63) is 38.1 Å². The maximum absolute atomic E-state index is 11.7. The molecule has 8 heteroatoms. The van der Waals surface area contributed by atoms with Crippen molar-refractivity contribution >= 4 is 16.5 Å². The molecule has 0 radical (unpaired) electrons. The summed E-state index contributed by atoms with van der Waals surface area (Å²) >= 11 is 1.38. The van der Waals surface area contributed by atoms with Gasteiger partial charge in [0.15, 0.2) is 0 Å². The molecular formula is C11H15N5O2S. The lowest BCUT2D eigenvalue weighted by atomic mass is 10.5. The summed E-state index contributed by atoms with van der Waals surface area (Å²) in [6.07, 6.45) is 4.13. The first-order valence-electron chi connectivity index (χ1n) is 5.94. The largest absolute Gasteiger partial charge is 0.360 e. The lowest BCUT2D eigenvalue weighted by Crippen LogP contribution is -2.39. The molecule has 0 saturated carbocycles. The second-order valence-corrected chi connectivity index (χ2v) is 5.14. The van der Waals surface area contributed by atoms with Gasteiger partial charge in [0.2, 0.25) is 5.13 Å². The maximum atomic E-state index is 11.7. The van der Waals surface area contributed by atoms with E-state index in [1.807, 2.05) is 0 Å². The predicted octanol–water partition coefficient (Wildman–Crippen LogP) is 0.269. The van der Waals surface area contributed by atoms with Crippen LogP contribution in [0.3, 0.4) is 0 Å². The molecule has 0 fully saturated rings. The Hall–Kier alpha value is -1.96. The Morgan fingerprint density at radius 1 is 1.26 bits per heavy atom.